The van der Waals surface area contributed by atoms with Gasteiger partial charge >= 0.3 is 0 Å². The Bertz CT molecular complexity index is 308. The van der Waals surface area contributed by atoms with Crippen molar-refractivity contribution in [3.63, 3.8) is 0 Å². The van der Waals surface area contributed by atoms with Crippen molar-refractivity contribution in [3.8, 4) is 0 Å². The molecule has 0 amide bonds. The molecule has 1 heterocycles. The van der Waals surface area contributed by atoms with Crippen molar-refractivity contribution in [1.82, 2.24) is 4.98 Å². The zero-order chi connectivity index (χ0) is 12.0. The van der Waals surface area contributed by atoms with Crippen LogP contribution in [0.3, 0.4) is 0 Å². The van der Waals surface area contributed by atoms with E-state index >= 15 is 0 Å². The van der Waals surface area contributed by atoms with Crippen LogP contribution in [0.15, 0.2) is 22.8 Å². The number of aromatic nitrogens is 1. The lowest BCUT2D eigenvalue weighted by atomic mass is 10.2. The van der Waals surface area contributed by atoms with Crippen molar-refractivity contribution in [1.29, 1.82) is 0 Å². The second kappa shape index (κ2) is 6.52. The first-order chi connectivity index (χ1) is 7.47. The molecule has 0 aliphatic carbocycles. The van der Waals surface area contributed by atoms with Gasteiger partial charge in [0, 0.05) is 23.0 Å². The number of hydrogen-bond acceptors (Lipinski definition) is 2. The fourth-order valence-corrected chi connectivity index (χ4v) is 2.33. The molecule has 0 radical (unpaired) electrons. The van der Waals surface area contributed by atoms with E-state index in [9.17, 15) is 0 Å². The summed E-state index contributed by atoms with van der Waals surface area (Å²) in [6.07, 6.45) is 5.18. The molecule has 1 aromatic heterocycles. The Kier molecular flexibility index (Phi) is 5.65. The van der Waals surface area contributed by atoms with Crippen molar-refractivity contribution >= 4 is 24.2 Å². The van der Waals surface area contributed by atoms with E-state index in [4.69, 9.17) is 4.43 Å². The summed E-state index contributed by atoms with van der Waals surface area (Å²) in [5, 5.41) is 0. The van der Waals surface area contributed by atoms with Crippen molar-refractivity contribution in [2.24, 2.45) is 0 Å². The molecule has 90 valence electrons. The molecule has 0 unspecified atom stereocenters. The van der Waals surface area contributed by atoms with Crippen molar-refractivity contribution in [3.05, 3.63) is 28.5 Å². The van der Waals surface area contributed by atoms with Gasteiger partial charge in [0.2, 0.25) is 0 Å². The molecule has 0 saturated carbocycles. The van der Waals surface area contributed by atoms with E-state index in [2.05, 4.69) is 46.6 Å². The summed E-state index contributed by atoms with van der Waals surface area (Å²) in [6.45, 7) is 7.57. The minimum Gasteiger partial charge on any atom is -0.418 e. The van der Waals surface area contributed by atoms with Gasteiger partial charge in [0.25, 0.3) is 0 Å². The molecule has 0 bridgehead atoms. The van der Waals surface area contributed by atoms with Gasteiger partial charge < -0.3 is 4.43 Å². The Labute approximate surface area is 108 Å². The van der Waals surface area contributed by atoms with Crippen LogP contribution in [0.25, 0.3) is 0 Å². The van der Waals surface area contributed by atoms with Gasteiger partial charge in [-0.25, -0.2) is 0 Å². The number of hydrogen-bond donors (Lipinski definition) is 0. The number of aryl methyl sites for hydroxylation is 1. The fraction of sp³-hybridized carbons (Fsp3) is 0.583. The predicted molar refractivity (Wildman–Crippen MR) is 74.2 cm³/mol. The molecule has 4 heteroatoms. The Morgan fingerprint density at radius 2 is 2.00 bits per heavy atom. The molecule has 0 aliphatic heterocycles. The van der Waals surface area contributed by atoms with Gasteiger partial charge in [-0.3, -0.25) is 4.98 Å². The van der Waals surface area contributed by atoms with Crippen LogP contribution < -0.4 is 0 Å². The summed E-state index contributed by atoms with van der Waals surface area (Å²) in [5.41, 5.74) is 1.16. The highest BCUT2D eigenvalue weighted by atomic mass is 79.9. The zero-order valence-electron chi connectivity index (χ0n) is 10.3. The minimum absolute atomic E-state index is 0.895. The van der Waals surface area contributed by atoms with Gasteiger partial charge in [-0.15, -0.1) is 0 Å². The molecule has 0 fully saturated rings. The average Bonchev–Trinajstić information content (AvgIpc) is 2.19. The monoisotopic (exact) mass is 301 g/mol. The number of unbranched alkanes of at least 4 members (excludes halogenated alkanes) is 1. The fourth-order valence-electron chi connectivity index (χ4n) is 1.34. The maximum atomic E-state index is 5.80. The minimum atomic E-state index is -1.32. The number of rotatable bonds is 6. The highest BCUT2D eigenvalue weighted by Gasteiger charge is 2.12. The zero-order valence-corrected chi connectivity index (χ0v) is 12.9. The quantitative estimate of drug-likeness (QED) is 0.585. The van der Waals surface area contributed by atoms with Crippen LogP contribution in [-0.2, 0) is 10.8 Å². The summed E-state index contributed by atoms with van der Waals surface area (Å²) in [5.74, 6) is 0. The highest BCUT2D eigenvalue weighted by Crippen LogP contribution is 2.10. The lowest BCUT2D eigenvalue weighted by molar-refractivity contribution is 0.300. The average molecular weight is 302 g/mol. The molecule has 0 atom stereocenters. The van der Waals surface area contributed by atoms with E-state index in [0.717, 1.165) is 36.0 Å². The smallest absolute Gasteiger partial charge is 0.183 e. The third kappa shape index (κ3) is 6.40. The van der Waals surface area contributed by atoms with Gasteiger partial charge in [-0.1, -0.05) is 0 Å². The van der Waals surface area contributed by atoms with E-state index in [0.29, 0.717) is 0 Å². The Morgan fingerprint density at radius 3 is 2.56 bits per heavy atom. The van der Waals surface area contributed by atoms with E-state index in [1.165, 1.54) is 0 Å². The summed E-state index contributed by atoms with van der Waals surface area (Å²) < 4.78 is 6.84. The number of halogens is 1. The predicted octanol–water partition coefficient (Wildman–Crippen LogP) is 4.02. The van der Waals surface area contributed by atoms with E-state index in [1.54, 1.807) is 0 Å². The second-order valence-electron chi connectivity index (χ2n) is 4.89. The molecule has 0 aromatic carbocycles. The van der Waals surface area contributed by atoms with E-state index in [1.807, 2.05) is 12.3 Å². The van der Waals surface area contributed by atoms with E-state index < -0.39 is 8.32 Å². The highest BCUT2D eigenvalue weighted by molar-refractivity contribution is 9.10. The largest absolute Gasteiger partial charge is 0.418 e. The van der Waals surface area contributed by atoms with Crippen LogP contribution in [0.5, 0.6) is 0 Å². The van der Waals surface area contributed by atoms with Crippen molar-refractivity contribution in [2.75, 3.05) is 6.61 Å². The lowest BCUT2D eigenvalue weighted by Gasteiger charge is -2.16. The third-order valence-corrected chi connectivity index (χ3v) is 3.69. The SMILES string of the molecule is C[Si](C)(C)OCCCCc1ccc(Br)cn1. The number of nitrogens with zero attached hydrogens (tertiary/aromatic N) is 1. The first kappa shape index (κ1) is 13.9. The maximum Gasteiger partial charge on any atom is 0.183 e. The van der Waals surface area contributed by atoms with Crippen LogP contribution in [0.4, 0.5) is 0 Å². The second-order valence-corrected chi connectivity index (χ2v) is 10.3. The molecular formula is C12H20BrNOSi. The van der Waals surface area contributed by atoms with Crippen LogP contribution in [0, 0.1) is 0 Å². The summed E-state index contributed by atoms with van der Waals surface area (Å²) in [4.78, 5) is 4.35. The molecule has 2 nitrogen and oxygen atoms in total. The molecule has 0 N–H and O–H groups in total. The first-order valence-electron chi connectivity index (χ1n) is 5.72. The maximum absolute atomic E-state index is 5.80. The lowest BCUT2D eigenvalue weighted by Crippen LogP contribution is -2.25. The van der Waals surface area contributed by atoms with Gasteiger partial charge in [0.05, 0.1) is 0 Å². The molecule has 0 spiro atoms. The molecule has 0 aliphatic rings. The van der Waals surface area contributed by atoms with E-state index in [-0.39, 0.29) is 0 Å². The molecule has 0 saturated heterocycles. The summed E-state index contributed by atoms with van der Waals surface area (Å²) in [7, 11) is -1.32. The molecule has 1 rings (SSSR count). The summed E-state index contributed by atoms with van der Waals surface area (Å²) in [6, 6.07) is 4.12. The molecule has 16 heavy (non-hydrogen) atoms. The van der Waals surface area contributed by atoms with Crippen molar-refractivity contribution in [2.45, 2.75) is 38.9 Å². The molecule has 1 aromatic rings. The Hall–Kier alpha value is -0.193. The summed E-state index contributed by atoms with van der Waals surface area (Å²) >= 11 is 3.38. The van der Waals surface area contributed by atoms with Crippen LogP contribution in [-0.4, -0.2) is 19.9 Å². The van der Waals surface area contributed by atoms with Crippen molar-refractivity contribution < 1.29 is 4.43 Å². The molecular weight excluding hydrogens is 282 g/mol. The van der Waals surface area contributed by atoms with Crippen LogP contribution in [0.1, 0.15) is 18.5 Å². The van der Waals surface area contributed by atoms with Gasteiger partial charge in [-0.05, 0) is 67.0 Å². The normalized spacial score (nSPS) is 11.8. The van der Waals surface area contributed by atoms with Gasteiger partial charge in [-0.2, -0.15) is 0 Å². The van der Waals surface area contributed by atoms with Gasteiger partial charge in [0.15, 0.2) is 8.32 Å². The standard InChI is InChI=1S/C12H20BrNOSi/c1-16(2,3)15-9-5-4-6-12-8-7-11(13)10-14-12/h7-8,10H,4-6,9H2,1-3H3. The van der Waals surface area contributed by atoms with Crippen LogP contribution >= 0.6 is 15.9 Å². The Morgan fingerprint density at radius 1 is 1.25 bits per heavy atom. The van der Waals surface area contributed by atoms with Crippen LogP contribution in [0.2, 0.25) is 19.6 Å². The van der Waals surface area contributed by atoms with Gasteiger partial charge in [0.1, 0.15) is 0 Å². The topological polar surface area (TPSA) is 22.1 Å². The number of pyridine rings is 1. The third-order valence-electron chi connectivity index (χ3n) is 2.15. The first-order valence-corrected chi connectivity index (χ1v) is 9.92. The Balaban J connectivity index is 2.14.